The lowest BCUT2D eigenvalue weighted by atomic mass is 10.0. The molecule has 0 bridgehead atoms. The molecule has 0 heterocycles. The lowest BCUT2D eigenvalue weighted by molar-refractivity contribution is -0.148. The third-order valence-electron chi connectivity index (χ3n) is 4.41. The standard InChI is InChI=1S/C20H39ClO2/c1-3-5-6-7-8-9-10-11-12-13-14-15-16-17-20(22)23-19(4-2)18-21/h19H,3-18H2,1-2H3. The van der Waals surface area contributed by atoms with E-state index in [0.717, 1.165) is 19.3 Å². The molecule has 0 radical (unpaired) electrons. The van der Waals surface area contributed by atoms with Gasteiger partial charge in [-0.2, -0.15) is 0 Å². The topological polar surface area (TPSA) is 26.3 Å². The molecule has 0 spiro atoms. The maximum absolute atomic E-state index is 11.6. The first-order chi connectivity index (χ1) is 11.2. The highest BCUT2D eigenvalue weighted by molar-refractivity contribution is 6.18. The number of carbonyl (C=O) groups excluding carboxylic acids is 1. The molecule has 23 heavy (non-hydrogen) atoms. The van der Waals surface area contributed by atoms with Crippen molar-refractivity contribution in [2.45, 2.75) is 116 Å². The number of unbranched alkanes of at least 4 members (excludes halogenated alkanes) is 12. The molecule has 3 heteroatoms. The van der Waals surface area contributed by atoms with E-state index < -0.39 is 0 Å². The first kappa shape index (κ1) is 22.8. The Kier molecular flexibility index (Phi) is 17.9. The van der Waals surface area contributed by atoms with Gasteiger partial charge in [-0.15, -0.1) is 11.6 Å². The van der Waals surface area contributed by atoms with Crippen molar-refractivity contribution in [1.29, 1.82) is 0 Å². The fourth-order valence-electron chi connectivity index (χ4n) is 2.76. The van der Waals surface area contributed by atoms with Crippen molar-refractivity contribution < 1.29 is 9.53 Å². The fourth-order valence-corrected chi connectivity index (χ4v) is 3.04. The molecule has 0 rings (SSSR count). The summed E-state index contributed by atoms with van der Waals surface area (Å²) in [4.78, 5) is 11.6. The molecule has 0 aliphatic rings. The van der Waals surface area contributed by atoms with Crippen molar-refractivity contribution in [3.05, 3.63) is 0 Å². The van der Waals surface area contributed by atoms with Crippen molar-refractivity contribution in [3.63, 3.8) is 0 Å². The van der Waals surface area contributed by atoms with Gasteiger partial charge >= 0.3 is 5.97 Å². The van der Waals surface area contributed by atoms with E-state index in [9.17, 15) is 4.79 Å². The van der Waals surface area contributed by atoms with Gasteiger partial charge < -0.3 is 4.74 Å². The highest BCUT2D eigenvalue weighted by atomic mass is 35.5. The zero-order valence-electron chi connectivity index (χ0n) is 15.6. The normalized spacial score (nSPS) is 12.3. The zero-order valence-corrected chi connectivity index (χ0v) is 16.3. The summed E-state index contributed by atoms with van der Waals surface area (Å²) < 4.78 is 5.28. The summed E-state index contributed by atoms with van der Waals surface area (Å²) in [5.41, 5.74) is 0. The third-order valence-corrected chi connectivity index (χ3v) is 4.75. The molecular formula is C20H39ClO2. The van der Waals surface area contributed by atoms with Crippen LogP contribution < -0.4 is 0 Å². The van der Waals surface area contributed by atoms with Gasteiger partial charge in [0, 0.05) is 6.42 Å². The summed E-state index contributed by atoms with van der Waals surface area (Å²) in [7, 11) is 0. The third kappa shape index (κ3) is 16.4. The Morgan fingerprint density at radius 1 is 0.783 bits per heavy atom. The Balaban J connectivity index is 3.20. The van der Waals surface area contributed by atoms with Gasteiger partial charge in [-0.25, -0.2) is 0 Å². The molecule has 1 unspecified atom stereocenters. The number of halogens is 1. The molecule has 0 saturated carbocycles. The number of ether oxygens (including phenoxy) is 1. The predicted molar refractivity (Wildman–Crippen MR) is 101 cm³/mol. The van der Waals surface area contributed by atoms with E-state index >= 15 is 0 Å². The SMILES string of the molecule is CCCCCCCCCCCCCCCC(=O)OC(CC)CCl. The number of esters is 1. The van der Waals surface area contributed by atoms with Crippen molar-refractivity contribution in [2.75, 3.05) is 5.88 Å². The zero-order chi connectivity index (χ0) is 17.2. The Morgan fingerprint density at radius 2 is 1.22 bits per heavy atom. The van der Waals surface area contributed by atoms with E-state index in [1.54, 1.807) is 0 Å². The minimum absolute atomic E-state index is 0.0828. The number of carbonyl (C=O) groups is 1. The Labute approximate surface area is 149 Å². The molecule has 138 valence electrons. The van der Waals surface area contributed by atoms with E-state index in [-0.39, 0.29) is 12.1 Å². The second-order valence-electron chi connectivity index (χ2n) is 6.67. The van der Waals surface area contributed by atoms with E-state index in [4.69, 9.17) is 16.3 Å². The van der Waals surface area contributed by atoms with E-state index in [2.05, 4.69) is 6.92 Å². The quantitative estimate of drug-likeness (QED) is 0.160. The average molecular weight is 347 g/mol. The van der Waals surface area contributed by atoms with Crippen LogP contribution in [0.25, 0.3) is 0 Å². The largest absolute Gasteiger partial charge is 0.461 e. The maximum Gasteiger partial charge on any atom is 0.306 e. The van der Waals surface area contributed by atoms with Gasteiger partial charge in [0.15, 0.2) is 0 Å². The Hall–Kier alpha value is -0.240. The van der Waals surface area contributed by atoms with Crippen molar-refractivity contribution in [3.8, 4) is 0 Å². The summed E-state index contributed by atoms with van der Waals surface area (Å²) in [5.74, 6) is 0.321. The van der Waals surface area contributed by atoms with Crippen LogP contribution in [-0.4, -0.2) is 18.0 Å². The second kappa shape index (κ2) is 18.1. The molecule has 0 aromatic carbocycles. The molecule has 0 N–H and O–H groups in total. The molecule has 0 aliphatic carbocycles. The molecule has 1 atom stereocenters. The summed E-state index contributed by atoms with van der Waals surface area (Å²) in [5, 5.41) is 0. The second-order valence-corrected chi connectivity index (χ2v) is 6.98. The van der Waals surface area contributed by atoms with E-state index in [0.29, 0.717) is 12.3 Å². The van der Waals surface area contributed by atoms with Crippen molar-refractivity contribution in [1.82, 2.24) is 0 Å². The number of rotatable bonds is 17. The van der Waals surface area contributed by atoms with Gasteiger partial charge in [0.2, 0.25) is 0 Å². The first-order valence-corrected chi connectivity index (χ1v) is 10.5. The number of hydrogen-bond acceptors (Lipinski definition) is 2. The molecule has 0 fully saturated rings. The molecule has 0 saturated heterocycles. The smallest absolute Gasteiger partial charge is 0.306 e. The molecule has 0 aromatic rings. The van der Waals surface area contributed by atoms with Crippen molar-refractivity contribution in [2.24, 2.45) is 0 Å². The fraction of sp³-hybridized carbons (Fsp3) is 0.950. The van der Waals surface area contributed by atoms with E-state index in [1.165, 1.54) is 70.6 Å². The van der Waals surface area contributed by atoms with Crippen LogP contribution >= 0.6 is 11.6 Å². The monoisotopic (exact) mass is 346 g/mol. The summed E-state index contributed by atoms with van der Waals surface area (Å²) in [6.07, 6.45) is 18.4. The van der Waals surface area contributed by atoms with Gasteiger partial charge in [-0.3, -0.25) is 4.79 Å². The lowest BCUT2D eigenvalue weighted by Gasteiger charge is -2.12. The first-order valence-electron chi connectivity index (χ1n) is 10.00. The number of alkyl halides is 1. The van der Waals surface area contributed by atoms with Crippen LogP contribution in [0, 0.1) is 0 Å². The predicted octanol–water partition coefficient (Wildman–Crippen LogP) is 7.03. The summed E-state index contributed by atoms with van der Waals surface area (Å²) >= 11 is 5.72. The summed E-state index contributed by atoms with van der Waals surface area (Å²) in [6.45, 7) is 4.26. The highest BCUT2D eigenvalue weighted by Crippen LogP contribution is 2.13. The minimum atomic E-state index is -0.105. The molecule has 0 amide bonds. The van der Waals surface area contributed by atoms with Crippen LogP contribution in [0.15, 0.2) is 0 Å². The van der Waals surface area contributed by atoms with Gasteiger partial charge in [-0.05, 0) is 12.8 Å². The van der Waals surface area contributed by atoms with Crippen LogP contribution in [-0.2, 0) is 9.53 Å². The van der Waals surface area contributed by atoms with Crippen LogP contribution in [0.2, 0.25) is 0 Å². The minimum Gasteiger partial charge on any atom is -0.461 e. The summed E-state index contributed by atoms with van der Waals surface area (Å²) in [6, 6.07) is 0. The molecule has 0 aliphatic heterocycles. The van der Waals surface area contributed by atoms with Gasteiger partial charge in [0.1, 0.15) is 6.10 Å². The van der Waals surface area contributed by atoms with Crippen LogP contribution in [0.5, 0.6) is 0 Å². The van der Waals surface area contributed by atoms with Gasteiger partial charge in [-0.1, -0.05) is 90.9 Å². The molecule has 2 nitrogen and oxygen atoms in total. The average Bonchev–Trinajstić information content (AvgIpc) is 2.56. The molecular weight excluding hydrogens is 308 g/mol. The van der Waals surface area contributed by atoms with Gasteiger partial charge in [0.05, 0.1) is 5.88 Å². The van der Waals surface area contributed by atoms with Crippen LogP contribution in [0.1, 0.15) is 110 Å². The van der Waals surface area contributed by atoms with Gasteiger partial charge in [0.25, 0.3) is 0 Å². The number of hydrogen-bond donors (Lipinski definition) is 0. The van der Waals surface area contributed by atoms with E-state index in [1.807, 2.05) is 6.92 Å². The Morgan fingerprint density at radius 3 is 1.61 bits per heavy atom. The Bertz CT molecular complexity index is 252. The molecule has 0 aromatic heterocycles. The maximum atomic E-state index is 11.6. The lowest BCUT2D eigenvalue weighted by Crippen LogP contribution is -2.18. The van der Waals surface area contributed by atoms with Crippen LogP contribution in [0.3, 0.4) is 0 Å². The highest BCUT2D eigenvalue weighted by Gasteiger charge is 2.10. The van der Waals surface area contributed by atoms with Crippen LogP contribution in [0.4, 0.5) is 0 Å². The van der Waals surface area contributed by atoms with Crippen molar-refractivity contribution >= 4 is 17.6 Å².